The number of hydrogen-bond acceptors (Lipinski definition) is 2. The second kappa shape index (κ2) is 4.11. The molecule has 0 saturated heterocycles. The maximum absolute atomic E-state index is 10.3. The van der Waals surface area contributed by atoms with Gasteiger partial charge in [0.15, 0.2) is 0 Å². The lowest BCUT2D eigenvalue weighted by Crippen LogP contribution is -2.36. The molecule has 0 heterocycles. The van der Waals surface area contributed by atoms with Gasteiger partial charge in [-0.2, -0.15) is 0 Å². The van der Waals surface area contributed by atoms with Gasteiger partial charge in [0.2, 0.25) is 0 Å². The number of hydrogen-bond donors (Lipinski definition) is 1. The number of methoxy groups -OCH3 is 1. The number of aliphatic hydroxyl groups is 1. The van der Waals surface area contributed by atoms with E-state index in [9.17, 15) is 5.11 Å². The standard InChI is InChI=1S/C12H18O2/c1-9-7-5-6-8-11(9)12(3,13)10(2)14-4/h5-8,10,13H,1-4H3. The summed E-state index contributed by atoms with van der Waals surface area (Å²) in [6.45, 7) is 5.64. The van der Waals surface area contributed by atoms with Crippen LogP contribution in [0.4, 0.5) is 0 Å². The highest BCUT2D eigenvalue weighted by Gasteiger charge is 2.31. The molecule has 0 saturated carbocycles. The summed E-state index contributed by atoms with van der Waals surface area (Å²) in [6, 6.07) is 7.82. The largest absolute Gasteiger partial charge is 0.383 e. The van der Waals surface area contributed by atoms with Gasteiger partial charge in [-0.25, -0.2) is 0 Å². The fourth-order valence-corrected chi connectivity index (χ4v) is 1.59. The lowest BCUT2D eigenvalue weighted by molar-refractivity contribution is -0.0775. The highest BCUT2D eigenvalue weighted by molar-refractivity contribution is 5.31. The van der Waals surface area contributed by atoms with Crippen LogP contribution < -0.4 is 0 Å². The van der Waals surface area contributed by atoms with Crippen LogP contribution in [0.25, 0.3) is 0 Å². The molecule has 1 aromatic rings. The van der Waals surface area contributed by atoms with Gasteiger partial charge in [-0.1, -0.05) is 24.3 Å². The monoisotopic (exact) mass is 194 g/mol. The molecular formula is C12H18O2. The quantitative estimate of drug-likeness (QED) is 0.799. The molecule has 2 unspecified atom stereocenters. The predicted octanol–water partition coefficient (Wildman–Crippen LogP) is 2.24. The summed E-state index contributed by atoms with van der Waals surface area (Å²) in [5.41, 5.74) is 1.08. The highest BCUT2D eigenvalue weighted by atomic mass is 16.5. The second-order valence-corrected chi connectivity index (χ2v) is 3.84. The Hall–Kier alpha value is -0.860. The van der Waals surface area contributed by atoms with Crippen molar-refractivity contribution in [1.29, 1.82) is 0 Å². The van der Waals surface area contributed by atoms with E-state index >= 15 is 0 Å². The topological polar surface area (TPSA) is 29.5 Å². The van der Waals surface area contributed by atoms with Crippen LogP contribution >= 0.6 is 0 Å². The van der Waals surface area contributed by atoms with Crippen LogP contribution in [-0.4, -0.2) is 18.3 Å². The molecule has 0 amide bonds. The summed E-state index contributed by atoms with van der Waals surface area (Å²) in [5.74, 6) is 0. The normalized spacial score (nSPS) is 17.5. The third-order valence-electron chi connectivity index (χ3n) is 2.84. The Balaban J connectivity index is 3.09. The molecule has 1 N–H and O–H groups in total. The van der Waals surface area contributed by atoms with Crippen molar-refractivity contribution < 1.29 is 9.84 Å². The minimum absolute atomic E-state index is 0.219. The Kier molecular flexibility index (Phi) is 3.29. The zero-order valence-corrected chi connectivity index (χ0v) is 9.24. The molecule has 0 aliphatic rings. The first-order chi connectivity index (χ1) is 6.50. The molecule has 0 bridgehead atoms. The Labute approximate surface area is 85.5 Å². The smallest absolute Gasteiger partial charge is 0.113 e. The number of rotatable bonds is 3. The first kappa shape index (κ1) is 11.2. The van der Waals surface area contributed by atoms with Crippen LogP contribution in [0.1, 0.15) is 25.0 Å². The molecule has 2 nitrogen and oxygen atoms in total. The van der Waals surface area contributed by atoms with Gasteiger partial charge in [0.25, 0.3) is 0 Å². The fraction of sp³-hybridized carbons (Fsp3) is 0.500. The number of aryl methyl sites for hydroxylation is 1. The molecule has 0 aliphatic carbocycles. The first-order valence-electron chi connectivity index (χ1n) is 4.81. The Bertz CT molecular complexity index is 305. The van der Waals surface area contributed by atoms with Gasteiger partial charge in [0.1, 0.15) is 5.60 Å². The fourth-order valence-electron chi connectivity index (χ4n) is 1.59. The van der Waals surface area contributed by atoms with E-state index in [2.05, 4.69) is 0 Å². The van der Waals surface area contributed by atoms with Gasteiger partial charge in [-0.15, -0.1) is 0 Å². The van der Waals surface area contributed by atoms with Crippen molar-refractivity contribution in [2.24, 2.45) is 0 Å². The van der Waals surface area contributed by atoms with Crippen molar-refractivity contribution >= 4 is 0 Å². The van der Waals surface area contributed by atoms with Gasteiger partial charge in [0, 0.05) is 7.11 Å². The SMILES string of the molecule is COC(C)C(C)(O)c1ccccc1C. The Morgan fingerprint density at radius 2 is 1.93 bits per heavy atom. The van der Waals surface area contributed by atoms with E-state index in [0.717, 1.165) is 11.1 Å². The summed E-state index contributed by atoms with van der Waals surface area (Å²) in [4.78, 5) is 0. The van der Waals surface area contributed by atoms with Crippen molar-refractivity contribution in [3.05, 3.63) is 35.4 Å². The average Bonchev–Trinajstić information content (AvgIpc) is 2.17. The van der Waals surface area contributed by atoms with Crippen LogP contribution in [0.5, 0.6) is 0 Å². The van der Waals surface area contributed by atoms with Crippen LogP contribution in [0.2, 0.25) is 0 Å². The summed E-state index contributed by atoms with van der Waals surface area (Å²) in [7, 11) is 1.61. The number of ether oxygens (including phenoxy) is 1. The van der Waals surface area contributed by atoms with Gasteiger partial charge >= 0.3 is 0 Å². The molecule has 0 aromatic heterocycles. The summed E-state index contributed by atoms with van der Waals surface area (Å²) >= 11 is 0. The molecule has 78 valence electrons. The molecule has 1 rings (SSSR count). The zero-order chi connectivity index (χ0) is 10.8. The molecule has 1 aromatic carbocycles. The van der Waals surface area contributed by atoms with Gasteiger partial charge in [0.05, 0.1) is 6.10 Å². The van der Waals surface area contributed by atoms with Gasteiger partial charge in [-0.3, -0.25) is 0 Å². The molecule has 14 heavy (non-hydrogen) atoms. The van der Waals surface area contributed by atoms with Crippen LogP contribution in [0.15, 0.2) is 24.3 Å². The third-order valence-corrected chi connectivity index (χ3v) is 2.84. The summed E-state index contributed by atoms with van der Waals surface area (Å²) in [6.07, 6.45) is -0.219. The molecular weight excluding hydrogens is 176 g/mol. The van der Waals surface area contributed by atoms with Crippen molar-refractivity contribution in [2.45, 2.75) is 32.5 Å². The third kappa shape index (κ3) is 1.97. The lowest BCUT2D eigenvalue weighted by atomic mass is 9.88. The van der Waals surface area contributed by atoms with Gasteiger partial charge < -0.3 is 9.84 Å². The average molecular weight is 194 g/mol. The van der Waals surface area contributed by atoms with Crippen molar-refractivity contribution in [1.82, 2.24) is 0 Å². The van der Waals surface area contributed by atoms with E-state index in [4.69, 9.17) is 4.74 Å². The zero-order valence-electron chi connectivity index (χ0n) is 9.24. The van der Waals surface area contributed by atoms with Crippen LogP contribution in [0.3, 0.4) is 0 Å². The van der Waals surface area contributed by atoms with Crippen molar-refractivity contribution in [2.75, 3.05) is 7.11 Å². The molecule has 0 spiro atoms. The summed E-state index contributed by atoms with van der Waals surface area (Å²) < 4.78 is 5.17. The van der Waals surface area contributed by atoms with E-state index in [0.29, 0.717) is 0 Å². The number of benzene rings is 1. The highest BCUT2D eigenvalue weighted by Crippen LogP contribution is 2.28. The van der Waals surface area contributed by atoms with Crippen LogP contribution in [-0.2, 0) is 10.3 Å². The predicted molar refractivity (Wildman–Crippen MR) is 57.2 cm³/mol. The van der Waals surface area contributed by atoms with Crippen molar-refractivity contribution in [3.8, 4) is 0 Å². The maximum atomic E-state index is 10.3. The summed E-state index contributed by atoms with van der Waals surface area (Å²) in [5, 5.41) is 10.3. The minimum Gasteiger partial charge on any atom is -0.383 e. The van der Waals surface area contributed by atoms with Crippen molar-refractivity contribution in [3.63, 3.8) is 0 Å². The Morgan fingerprint density at radius 1 is 1.36 bits per heavy atom. The molecule has 0 fully saturated rings. The van der Waals surface area contributed by atoms with E-state index in [-0.39, 0.29) is 6.10 Å². The van der Waals surface area contributed by atoms with Crippen LogP contribution in [0, 0.1) is 6.92 Å². The Morgan fingerprint density at radius 3 is 2.43 bits per heavy atom. The molecule has 0 aliphatic heterocycles. The van der Waals surface area contributed by atoms with E-state index < -0.39 is 5.60 Å². The minimum atomic E-state index is -0.930. The van der Waals surface area contributed by atoms with E-state index in [1.54, 1.807) is 14.0 Å². The molecule has 2 heteroatoms. The van der Waals surface area contributed by atoms with E-state index in [1.807, 2.05) is 38.1 Å². The van der Waals surface area contributed by atoms with E-state index in [1.165, 1.54) is 0 Å². The molecule has 2 atom stereocenters. The van der Waals surface area contributed by atoms with Gasteiger partial charge in [-0.05, 0) is 31.9 Å². The second-order valence-electron chi connectivity index (χ2n) is 3.84. The lowest BCUT2D eigenvalue weighted by Gasteiger charge is -2.30. The maximum Gasteiger partial charge on any atom is 0.113 e. The first-order valence-corrected chi connectivity index (χ1v) is 4.81. The molecule has 0 radical (unpaired) electrons.